The number of thiazole rings is 1. The normalized spacial score (nSPS) is 14.8. The number of amides is 2. The molecule has 1 fully saturated rings. The lowest BCUT2D eigenvalue weighted by Gasteiger charge is -2.31. The summed E-state index contributed by atoms with van der Waals surface area (Å²) < 4.78 is 1.05. The second-order valence-corrected chi connectivity index (χ2v) is 9.18. The van der Waals surface area contributed by atoms with Crippen molar-refractivity contribution in [3.63, 3.8) is 0 Å². The Morgan fingerprint density at radius 1 is 1.00 bits per heavy atom. The van der Waals surface area contributed by atoms with Gasteiger partial charge < -0.3 is 10.2 Å². The molecule has 5 rings (SSSR count). The second-order valence-electron chi connectivity index (χ2n) is 7.72. The molecule has 5 nitrogen and oxygen atoms in total. The maximum Gasteiger partial charge on any atom is 0.253 e. The van der Waals surface area contributed by atoms with Crippen LogP contribution in [-0.2, 0) is 4.79 Å². The average Bonchev–Trinajstić information content (AvgIpc) is 3.22. The van der Waals surface area contributed by atoms with Gasteiger partial charge in [0, 0.05) is 35.0 Å². The van der Waals surface area contributed by atoms with Crippen LogP contribution in [0.25, 0.3) is 21.0 Å². The van der Waals surface area contributed by atoms with Crippen LogP contribution in [-0.4, -0.2) is 34.8 Å². The summed E-state index contributed by atoms with van der Waals surface area (Å²) in [4.78, 5) is 32.0. The van der Waals surface area contributed by atoms with Gasteiger partial charge in [-0.15, -0.1) is 0 Å². The first kappa shape index (κ1) is 20.0. The first-order valence-electron chi connectivity index (χ1n) is 10.2. The van der Waals surface area contributed by atoms with E-state index in [1.165, 1.54) is 11.3 Å². The minimum Gasteiger partial charge on any atom is -0.339 e. The SMILES string of the molecule is O=C(Nc1nc2c(ccc3ccccc32)s1)C1CCN(C(=O)c2ccc(Cl)cc2)CC1. The quantitative estimate of drug-likeness (QED) is 0.443. The smallest absolute Gasteiger partial charge is 0.253 e. The highest BCUT2D eigenvalue weighted by atomic mass is 35.5. The van der Waals surface area contributed by atoms with Crippen LogP contribution >= 0.6 is 22.9 Å². The Bertz CT molecular complexity index is 1280. The predicted molar refractivity (Wildman–Crippen MR) is 126 cm³/mol. The Labute approximate surface area is 188 Å². The van der Waals surface area contributed by atoms with Crippen LogP contribution in [0.5, 0.6) is 0 Å². The number of hydrogen-bond donors (Lipinski definition) is 1. The molecule has 0 atom stereocenters. The van der Waals surface area contributed by atoms with E-state index in [0.717, 1.165) is 21.0 Å². The van der Waals surface area contributed by atoms with Gasteiger partial charge in [-0.25, -0.2) is 4.98 Å². The standard InChI is InChI=1S/C24H20ClN3O2S/c25-18-8-5-17(6-9-18)23(30)28-13-11-16(12-14-28)22(29)27-24-26-21-19-4-2-1-3-15(19)7-10-20(21)31-24/h1-10,16H,11-14H2,(H,26,27,29). The van der Waals surface area contributed by atoms with Crippen molar-refractivity contribution in [1.82, 2.24) is 9.88 Å². The van der Waals surface area contributed by atoms with Gasteiger partial charge in [-0.1, -0.05) is 53.3 Å². The number of hydrogen-bond acceptors (Lipinski definition) is 4. The third kappa shape index (κ3) is 4.01. The minimum atomic E-state index is -0.127. The van der Waals surface area contributed by atoms with Gasteiger partial charge >= 0.3 is 0 Å². The summed E-state index contributed by atoms with van der Waals surface area (Å²) in [5.41, 5.74) is 1.54. The molecule has 156 valence electrons. The number of likely N-dealkylation sites (tertiary alicyclic amines) is 1. The molecule has 31 heavy (non-hydrogen) atoms. The van der Waals surface area contributed by atoms with E-state index < -0.39 is 0 Å². The summed E-state index contributed by atoms with van der Waals surface area (Å²) in [6.45, 7) is 1.12. The van der Waals surface area contributed by atoms with Gasteiger partial charge in [0.25, 0.3) is 5.91 Å². The topological polar surface area (TPSA) is 62.3 Å². The fourth-order valence-electron chi connectivity index (χ4n) is 4.04. The first-order chi connectivity index (χ1) is 15.1. The first-order valence-corrected chi connectivity index (χ1v) is 11.4. The number of nitrogens with one attached hydrogen (secondary N) is 1. The summed E-state index contributed by atoms with van der Waals surface area (Å²) in [7, 11) is 0. The molecule has 1 aliphatic rings. The molecule has 0 saturated carbocycles. The lowest BCUT2D eigenvalue weighted by Crippen LogP contribution is -2.41. The third-order valence-electron chi connectivity index (χ3n) is 5.76. The van der Waals surface area contributed by atoms with Crippen LogP contribution in [0.2, 0.25) is 5.02 Å². The van der Waals surface area contributed by atoms with Gasteiger partial charge in [-0.3, -0.25) is 9.59 Å². The molecule has 1 aromatic heterocycles. The zero-order valence-electron chi connectivity index (χ0n) is 16.7. The Morgan fingerprint density at radius 2 is 1.74 bits per heavy atom. The number of nitrogens with zero attached hydrogens (tertiary/aromatic N) is 2. The van der Waals surface area contributed by atoms with Gasteiger partial charge in [0.05, 0.1) is 10.2 Å². The van der Waals surface area contributed by atoms with Crippen LogP contribution in [0.4, 0.5) is 5.13 Å². The van der Waals surface area contributed by atoms with Gasteiger partial charge in [0.2, 0.25) is 5.91 Å². The number of fused-ring (bicyclic) bond motifs is 3. The molecular weight excluding hydrogens is 430 g/mol. The zero-order valence-corrected chi connectivity index (χ0v) is 18.2. The zero-order chi connectivity index (χ0) is 21.4. The molecule has 0 unspecified atom stereocenters. The van der Waals surface area contributed by atoms with Crippen molar-refractivity contribution >= 4 is 60.9 Å². The van der Waals surface area contributed by atoms with E-state index in [4.69, 9.17) is 11.6 Å². The van der Waals surface area contributed by atoms with Gasteiger partial charge in [0.1, 0.15) is 0 Å². The fraction of sp³-hybridized carbons (Fsp3) is 0.208. The maximum atomic E-state index is 12.8. The van der Waals surface area contributed by atoms with Crippen LogP contribution in [0.3, 0.4) is 0 Å². The molecule has 7 heteroatoms. The molecular formula is C24H20ClN3O2S. The number of carbonyl (C=O) groups excluding carboxylic acids is 2. The summed E-state index contributed by atoms with van der Waals surface area (Å²) in [6, 6.07) is 19.2. The number of benzene rings is 3. The number of anilines is 1. The number of aromatic nitrogens is 1. The third-order valence-corrected chi connectivity index (χ3v) is 6.95. The molecule has 1 aliphatic heterocycles. The van der Waals surface area contributed by atoms with E-state index in [1.807, 2.05) is 18.2 Å². The maximum absolute atomic E-state index is 12.8. The molecule has 0 bridgehead atoms. The number of halogens is 1. The predicted octanol–water partition coefficient (Wildman–Crippen LogP) is 5.59. The van der Waals surface area contributed by atoms with Gasteiger partial charge in [-0.2, -0.15) is 0 Å². The molecule has 2 amide bonds. The summed E-state index contributed by atoms with van der Waals surface area (Å²) in [5, 5.41) is 6.45. The Kier molecular flexibility index (Phi) is 5.34. The Hall–Kier alpha value is -2.96. The van der Waals surface area contributed by atoms with Crippen molar-refractivity contribution in [1.29, 1.82) is 0 Å². The number of carbonyl (C=O) groups is 2. The molecule has 0 aliphatic carbocycles. The Morgan fingerprint density at radius 3 is 2.52 bits per heavy atom. The lowest BCUT2D eigenvalue weighted by atomic mass is 9.95. The molecule has 0 spiro atoms. The molecule has 3 aromatic carbocycles. The van der Waals surface area contributed by atoms with Crippen LogP contribution in [0.1, 0.15) is 23.2 Å². The molecule has 2 heterocycles. The Balaban J connectivity index is 1.24. The van der Waals surface area contributed by atoms with Crippen LogP contribution in [0.15, 0.2) is 60.7 Å². The van der Waals surface area contributed by atoms with E-state index in [-0.39, 0.29) is 17.7 Å². The highest BCUT2D eigenvalue weighted by Gasteiger charge is 2.28. The van der Waals surface area contributed by atoms with Gasteiger partial charge in [0.15, 0.2) is 5.13 Å². The number of rotatable bonds is 3. The highest BCUT2D eigenvalue weighted by molar-refractivity contribution is 7.22. The highest BCUT2D eigenvalue weighted by Crippen LogP contribution is 2.32. The second kappa shape index (κ2) is 8.29. The van der Waals surface area contributed by atoms with Crippen molar-refractivity contribution in [2.75, 3.05) is 18.4 Å². The van der Waals surface area contributed by atoms with Crippen molar-refractivity contribution in [2.45, 2.75) is 12.8 Å². The molecule has 1 saturated heterocycles. The van der Waals surface area contributed by atoms with Crippen LogP contribution in [0, 0.1) is 5.92 Å². The van der Waals surface area contributed by atoms with E-state index in [1.54, 1.807) is 29.2 Å². The lowest BCUT2D eigenvalue weighted by molar-refractivity contribution is -0.121. The van der Waals surface area contributed by atoms with E-state index in [9.17, 15) is 9.59 Å². The van der Waals surface area contributed by atoms with E-state index in [2.05, 4.69) is 28.5 Å². The summed E-state index contributed by atoms with van der Waals surface area (Å²) >= 11 is 7.39. The summed E-state index contributed by atoms with van der Waals surface area (Å²) in [5.74, 6) is -0.173. The molecule has 0 radical (unpaired) electrons. The fourth-order valence-corrected chi connectivity index (χ4v) is 5.05. The van der Waals surface area contributed by atoms with Crippen molar-refractivity contribution in [3.05, 3.63) is 71.2 Å². The van der Waals surface area contributed by atoms with E-state index >= 15 is 0 Å². The van der Waals surface area contributed by atoms with Crippen molar-refractivity contribution in [3.8, 4) is 0 Å². The van der Waals surface area contributed by atoms with Crippen molar-refractivity contribution < 1.29 is 9.59 Å². The minimum absolute atomic E-state index is 0.0198. The van der Waals surface area contributed by atoms with Gasteiger partial charge in [-0.05, 0) is 48.6 Å². The monoisotopic (exact) mass is 449 g/mol. The summed E-state index contributed by atoms with van der Waals surface area (Å²) in [6.07, 6.45) is 1.28. The van der Waals surface area contributed by atoms with Crippen molar-refractivity contribution in [2.24, 2.45) is 5.92 Å². The average molecular weight is 450 g/mol. The van der Waals surface area contributed by atoms with Crippen LogP contribution < -0.4 is 5.32 Å². The number of piperidine rings is 1. The largest absolute Gasteiger partial charge is 0.339 e. The van der Waals surface area contributed by atoms with E-state index in [0.29, 0.717) is 41.6 Å². The molecule has 4 aromatic rings. The molecule has 1 N–H and O–H groups in total.